The molecule has 1 saturated heterocycles. The van der Waals surface area contributed by atoms with E-state index in [-0.39, 0.29) is 22.7 Å². The van der Waals surface area contributed by atoms with Gasteiger partial charge in [0.05, 0.1) is 5.25 Å². The molecule has 1 heterocycles. The molecule has 0 spiro atoms. The first-order chi connectivity index (χ1) is 8.68. The van der Waals surface area contributed by atoms with E-state index in [0.717, 1.165) is 38.8 Å². The molecule has 2 unspecified atom stereocenters. The molecule has 5 heteroatoms. The van der Waals surface area contributed by atoms with E-state index in [1.54, 1.807) is 4.90 Å². The molecule has 2 fully saturated rings. The van der Waals surface area contributed by atoms with Crippen molar-refractivity contribution in [2.45, 2.75) is 50.2 Å². The first kappa shape index (κ1) is 13.7. The maximum atomic E-state index is 12.1. The van der Waals surface area contributed by atoms with Gasteiger partial charge >= 0.3 is 0 Å². The van der Waals surface area contributed by atoms with Gasteiger partial charge in [0.1, 0.15) is 11.5 Å². The van der Waals surface area contributed by atoms with Crippen molar-refractivity contribution in [3.63, 3.8) is 0 Å². The summed E-state index contributed by atoms with van der Waals surface area (Å²) in [6.45, 7) is 1.57. The monoisotopic (exact) mass is 271 g/mol. The van der Waals surface area contributed by atoms with Crippen molar-refractivity contribution in [1.29, 1.82) is 0 Å². The largest absolute Gasteiger partial charge is 0.342 e. The van der Waals surface area contributed by atoms with Crippen molar-refractivity contribution in [2.75, 3.05) is 18.8 Å². The molecule has 1 saturated carbocycles. The van der Waals surface area contributed by atoms with E-state index in [2.05, 4.69) is 0 Å². The minimum atomic E-state index is -1.31. The molecule has 18 heavy (non-hydrogen) atoms. The summed E-state index contributed by atoms with van der Waals surface area (Å²) in [6.07, 6.45) is 6.36. The van der Waals surface area contributed by atoms with E-state index in [9.17, 15) is 13.8 Å². The van der Waals surface area contributed by atoms with Crippen molar-refractivity contribution in [2.24, 2.45) is 0 Å². The Kier molecular flexibility index (Phi) is 4.92. The summed E-state index contributed by atoms with van der Waals surface area (Å²) in [7, 11) is -1.31. The zero-order chi connectivity index (χ0) is 13.0. The fourth-order valence-electron chi connectivity index (χ4n) is 2.69. The summed E-state index contributed by atoms with van der Waals surface area (Å²) in [5.74, 6) is 0.0913. The minimum absolute atomic E-state index is 0.0357. The maximum absolute atomic E-state index is 12.1. The van der Waals surface area contributed by atoms with Crippen LogP contribution in [0.5, 0.6) is 0 Å². The van der Waals surface area contributed by atoms with Crippen molar-refractivity contribution in [3.8, 4) is 0 Å². The third kappa shape index (κ3) is 3.40. The molecule has 2 aliphatic rings. The Morgan fingerprint density at radius 1 is 1.17 bits per heavy atom. The van der Waals surface area contributed by atoms with E-state index >= 15 is 0 Å². The summed E-state index contributed by atoms with van der Waals surface area (Å²) in [6, 6.07) is 0. The predicted octanol–water partition coefficient (Wildman–Crippen LogP) is 1.26. The lowest BCUT2D eigenvalue weighted by Crippen LogP contribution is -2.41. The maximum Gasteiger partial charge on any atom is 0.235 e. The van der Waals surface area contributed by atoms with Crippen LogP contribution in [0.3, 0.4) is 0 Å². The summed E-state index contributed by atoms with van der Waals surface area (Å²) >= 11 is 0. The summed E-state index contributed by atoms with van der Waals surface area (Å²) in [5, 5.41) is -0.382. The molecule has 1 aliphatic carbocycles. The zero-order valence-corrected chi connectivity index (χ0v) is 11.5. The van der Waals surface area contributed by atoms with Crippen LogP contribution in [0.2, 0.25) is 0 Å². The van der Waals surface area contributed by atoms with Crippen LogP contribution in [0.1, 0.15) is 44.9 Å². The predicted molar refractivity (Wildman–Crippen MR) is 70.7 cm³/mol. The van der Waals surface area contributed by atoms with Crippen LogP contribution in [0.4, 0.5) is 0 Å². The molecule has 4 nitrogen and oxygen atoms in total. The van der Waals surface area contributed by atoms with Crippen LogP contribution in [-0.2, 0) is 20.4 Å². The lowest BCUT2D eigenvalue weighted by molar-refractivity contribution is -0.129. The van der Waals surface area contributed by atoms with E-state index in [1.165, 1.54) is 6.42 Å². The Morgan fingerprint density at radius 2 is 1.89 bits per heavy atom. The van der Waals surface area contributed by atoms with Gasteiger partial charge in [-0.05, 0) is 32.1 Å². The molecule has 1 aliphatic heterocycles. The highest BCUT2D eigenvalue weighted by Crippen LogP contribution is 2.20. The average molecular weight is 271 g/mol. The van der Waals surface area contributed by atoms with Crippen LogP contribution in [0, 0.1) is 0 Å². The minimum Gasteiger partial charge on any atom is -0.342 e. The number of carbonyl (C=O) groups excluding carboxylic acids is 2. The standard InChI is InChI=1S/C13H21NO3S/c15-11-6-2-3-7-12(11)18(17)10-13(16)14-8-4-1-5-9-14/h12H,1-10H2. The third-order valence-electron chi connectivity index (χ3n) is 3.79. The van der Waals surface area contributed by atoms with Gasteiger partial charge in [0, 0.05) is 30.3 Å². The van der Waals surface area contributed by atoms with Gasteiger partial charge in [0.15, 0.2) is 0 Å². The molecule has 0 aromatic heterocycles. The number of hydrogen-bond donors (Lipinski definition) is 0. The molecule has 2 atom stereocenters. The Morgan fingerprint density at radius 3 is 2.56 bits per heavy atom. The van der Waals surface area contributed by atoms with E-state index in [4.69, 9.17) is 0 Å². The van der Waals surface area contributed by atoms with E-state index in [1.807, 2.05) is 0 Å². The number of rotatable bonds is 3. The third-order valence-corrected chi connectivity index (χ3v) is 5.46. The normalized spacial score (nSPS) is 27.0. The molecule has 2 rings (SSSR count). The molecule has 0 bridgehead atoms. The van der Waals surface area contributed by atoms with Crippen molar-refractivity contribution in [1.82, 2.24) is 4.90 Å². The van der Waals surface area contributed by atoms with Gasteiger partial charge in [-0.2, -0.15) is 0 Å². The van der Waals surface area contributed by atoms with Crippen LogP contribution >= 0.6 is 0 Å². The first-order valence-electron chi connectivity index (χ1n) is 6.86. The van der Waals surface area contributed by atoms with Crippen LogP contribution in [0.15, 0.2) is 0 Å². The number of amides is 1. The van der Waals surface area contributed by atoms with Crippen molar-refractivity contribution < 1.29 is 13.8 Å². The first-order valence-corrected chi connectivity index (χ1v) is 8.24. The Balaban J connectivity index is 1.85. The highest BCUT2D eigenvalue weighted by Gasteiger charge is 2.30. The number of ketones is 1. The molecule has 0 radical (unpaired) electrons. The summed E-state index contributed by atoms with van der Waals surface area (Å²) in [5.41, 5.74) is 0. The average Bonchev–Trinajstić information content (AvgIpc) is 2.40. The second-order valence-electron chi connectivity index (χ2n) is 5.17. The number of Topliss-reactive ketones (excluding diaryl/α,β-unsaturated/α-hetero) is 1. The second-order valence-corrected chi connectivity index (χ2v) is 6.79. The highest BCUT2D eigenvalue weighted by molar-refractivity contribution is 7.87. The molecule has 1 amide bonds. The summed E-state index contributed by atoms with van der Waals surface area (Å²) in [4.78, 5) is 25.5. The van der Waals surface area contributed by atoms with Gasteiger partial charge in [-0.15, -0.1) is 0 Å². The molecular weight excluding hydrogens is 250 g/mol. The highest BCUT2D eigenvalue weighted by atomic mass is 32.2. The van der Waals surface area contributed by atoms with Crippen LogP contribution < -0.4 is 0 Å². The Bertz CT molecular complexity index is 350. The quantitative estimate of drug-likeness (QED) is 0.776. The lowest BCUT2D eigenvalue weighted by Gasteiger charge is -2.27. The smallest absolute Gasteiger partial charge is 0.235 e. The zero-order valence-electron chi connectivity index (χ0n) is 10.7. The van der Waals surface area contributed by atoms with Gasteiger partial charge in [0.25, 0.3) is 0 Å². The molecule has 0 N–H and O–H groups in total. The summed E-state index contributed by atoms with van der Waals surface area (Å²) < 4.78 is 12.1. The topological polar surface area (TPSA) is 54.5 Å². The molecule has 0 aromatic rings. The molecule has 102 valence electrons. The van der Waals surface area contributed by atoms with Gasteiger partial charge in [-0.25, -0.2) is 0 Å². The van der Waals surface area contributed by atoms with Gasteiger partial charge in [-0.1, -0.05) is 6.42 Å². The van der Waals surface area contributed by atoms with Crippen molar-refractivity contribution in [3.05, 3.63) is 0 Å². The molecular formula is C13H21NO3S. The van der Waals surface area contributed by atoms with Gasteiger partial charge < -0.3 is 4.90 Å². The number of nitrogens with zero attached hydrogens (tertiary/aromatic N) is 1. The number of piperidine rings is 1. The van der Waals surface area contributed by atoms with Crippen LogP contribution in [0.25, 0.3) is 0 Å². The Labute approximate surface area is 111 Å². The fourth-order valence-corrected chi connectivity index (χ4v) is 4.15. The lowest BCUT2D eigenvalue weighted by atomic mass is 9.99. The van der Waals surface area contributed by atoms with E-state index < -0.39 is 10.8 Å². The molecule has 0 aromatic carbocycles. The Hall–Kier alpha value is -0.710. The van der Waals surface area contributed by atoms with Gasteiger partial charge in [-0.3, -0.25) is 13.8 Å². The SMILES string of the molecule is O=C1CCCCC1S(=O)CC(=O)N1CCCCC1. The number of hydrogen-bond acceptors (Lipinski definition) is 3. The fraction of sp³-hybridized carbons (Fsp3) is 0.846. The number of carbonyl (C=O) groups is 2. The van der Waals surface area contributed by atoms with Crippen molar-refractivity contribution >= 4 is 22.5 Å². The second kappa shape index (κ2) is 6.45. The van der Waals surface area contributed by atoms with E-state index in [0.29, 0.717) is 12.8 Å². The number of likely N-dealkylation sites (tertiary alicyclic amines) is 1. The van der Waals surface area contributed by atoms with Gasteiger partial charge in [0.2, 0.25) is 5.91 Å². The van der Waals surface area contributed by atoms with Crippen LogP contribution in [-0.4, -0.2) is 44.9 Å².